The van der Waals surface area contributed by atoms with Crippen LogP contribution in [0.15, 0.2) is 36.4 Å². The first-order chi connectivity index (χ1) is 7.18. The van der Waals surface area contributed by atoms with E-state index in [-0.39, 0.29) is 0 Å². The monoisotopic (exact) mass is 198 g/mol. The summed E-state index contributed by atoms with van der Waals surface area (Å²) in [7, 11) is 0. The zero-order chi connectivity index (χ0) is 10.8. The predicted molar refractivity (Wildman–Crippen MR) is 67.0 cm³/mol. The largest absolute Gasteiger partial charge is 0.0801 e. The Kier molecular flexibility index (Phi) is 2.77. The van der Waals surface area contributed by atoms with Gasteiger partial charge in [-0.25, -0.2) is 0 Å². The Hall–Kier alpha value is -1.30. The third kappa shape index (κ3) is 2.04. The average Bonchev–Trinajstić information content (AvgIpc) is 2.70. The van der Waals surface area contributed by atoms with Gasteiger partial charge in [0.1, 0.15) is 0 Å². The molecule has 0 radical (unpaired) electrons. The Morgan fingerprint density at radius 1 is 1.20 bits per heavy atom. The quantitative estimate of drug-likeness (QED) is 0.658. The van der Waals surface area contributed by atoms with Crippen molar-refractivity contribution >= 4 is 5.57 Å². The summed E-state index contributed by atoms with van der Waals surface area (Å²) in [4.78, 5) is 0. The summed E-state index contributed by atoms with van der Waals surface area (Å²) in [6, 6.07) is 6.84. The van der Waals surface area contributed by atoms with Crippen molar-refractivity contribution in [1.82, 2.24) is 0 Å². The van der Waals surface area contributed by atoms with E-state index >= 15 is 0 Å². The molecule has 1 aromatic carbocycles. The molecule has 1 aliphatic carbocycles. The van der Waals surface area contributed by atoms with Gasteiger partial charge in [-0.2, -0.15) is 0 Å². The van der Waals surface area contributed by atoms with Gasteiger partial charge in [-0.05, 0) is 41.5 Å². The summed E-state index contributed by atoms with van der Waals surface area (Å²) < 4.78 is 0. The van der Waals surface area contributed by atoms with E-state index in [0.717, 1.165) is 6.42 Å². The molecule has 0 bridgehead atoms. The van der Waals surface area contributed by atoms with Gasteiger partial charge >= 0.3 is 0 Å². The minimum absolute atomic E-state index is 0.619. The highest BCUT2D eigenvalue weighted by Crippen LogP contribution is 2.28. The molecule has 0 aliphatic heterocycles. The SMILES string of the molecule is Cc1cc(C(C)C)ccc1C1=CC=CC1. The summed E-state index contributed by atoms with van der Waals surface area (Å²) in [5.41, 5.74) is 5.69. The molecular formula is C15H18. The second kappa shape index (κ2) is 4.06. The smallest absolute Gasteiger partial charge is 0.00883 e. The maximum absolute atomic E-state index is 2.32. The van der Waals surface area contributed by atoms with E-state index in [9.17, 15) is 0 Å². The van der Waals surface area contributed by atoms with Gasteiger partial charge in [0.15, 0.2) is 0 Å². The minimum atomic E-state index is 0.619. The van der Waals surface area contributed by atoms with E-state index in [4.69, 9.17) is 0 Å². The molecular weight excluding hydrogens is 180 g/mol. The Morgan fingerprint density at radius 3 is 2.53 bits per heavy atom. The zero-order valence-electron chi connectivity index (χ0n) is 9.75. The number of allylic oxidation sites excluding steroid dienone is 4. The van der Waals surface area contributed by atoms with Crippen molar-refractivity contribution in [1.29, 1.82) is 0 Å². The summed E-state index contributed by atoms with van der Waals surface area (Å²) >= 11 is 0. The first-order valence-corrected chi connectivity index (χ1v) is 5.65. The second-order valence-corrected chi connectivity index (χ2v) is 4.55. The molecule has 78 valence electrons. The number of rotatable bonds is 2. The van der Waals surface area contributed by atoms with Crippen LogP contribution in [0, 0.1) is 6.92 Å². The van der Waals surface area contributed by atoms with Gasteiger partial charge in [0.2, 0.25) is 0 Å². The Morgan fingerprint density at radius 2 is 2.00 bits per heavy atom. The van der Waals surface area contributed by atoms with Crippen molar-refractivity contribution in [3.8, 4) is 0 Å². The molecule has 0 heterocycles. The maximum Gasteiger partial charge on any atom is -0.00883 e. The lowest BCUT2D eigenvalue weighted by Crippen LogP contribution is -1.92. The third-order valence-corrected chi connectivity index (χ3v) is 3.03. The van der Waals surface area contributed by atoms with Crippen LogP contribution in [0.1, 0.15) is 42.9 Å². The molecule has 0 heteroatoms. The van der Waals surface area contributed by atoms with Crippen LogP contribution in [-0.4, -0.2) is 0 Å². The molecule has 0 amide bonds. The molecule has 2 rings (SSSR count). The van der Waals surface area contributed by atoms with Gasteiger partial charge in [-0.3, -0.25) is 0 Å². The van der Waals surface area contributed by atoms with Gasteiger partial charge in [0.25, 0.3) is 0 Å². The van der Waals surface area contributed by atoms with E-state index in [0.29, 0.717) is 5.92 Å². The third-order valence-electron chi connectivity index (χ3n) is 3.03. The normalized spacial score (nSPS) is 14.8. The van der Waals surface area contributed by atoms with E-state index in [1.807, 2.05) is 0 Å². The van der Waals surface area contributed by atoms with E-state index < -0.39 is 0 Å². The lowest BCUT2D eigenvalue weighted by molar-refractivity contribution is 0.864. The molecule has 0 spiro atoms. The standard InChI is InChI=1S/C15H18/c1-11(2)14-8-9-15(12(3)10-14)13-6-4-5-7-13/h4-6,8-11H,7H2,1-3H3. The van der Waals surface area contributed by atoms with Gasteiger partial charge in [-0.1, -0.05) is 50.3 Å². The molecule has 1 aliphatic rings. The molecule has 0 saturated carbocycles. The number of hydrogen-bond donors (Lipinski definition) is 0. The Balaban J connectivity index is 2.35. The van der Waals surface area contributed by atoms with Crippen LogP contribution in [0.2, 0.25) is 0 Å². The van der Waals surface area contributed by atoms with Gasteiger partial charge in [0.05, 0.1) is 0 Å². The van der Waals surface area contributed by atoms with Gasteiger partial charge in [0, 0.05) is 0 Å². The van der Waals surface area contributed by atoms with Crippen LogP contribution >= 0.6 is 0 Å². The lowest BCUT2D eigenvalue weighted by Gasteiger charge is -2.11. The van der Waals surface area contributed by atoms with Crippen LogP contribution in [0.4, 0.5) is 0 Å². The van der Waals surface area contributed by atoms with Crippen molar-refractivity contribution in [3.05, 3.63) is 53.1 Å². The molecule has 1 aromatic rings. The molecule has 0 unspecified atom stereocenters. The lowest BCUT2D eigenvalue weighted by atomic mass is 9.94. The fraction of sp³-hybridized carbons (Fsp3) is 0.333. The molecule has 0 N–H and O–H groups in total. The number of hydrogen-bond acceptors (Lipinski definition) is 0. The fourth-order valence-electron chi connectivity index (χ4n) is 2.05. The van der Waals surface area contributed by atoms with Gasteiger partial charge < -0.3 is 0 Å². The minimum Gasteiger partial charge on any atom is -0.0801 e. The predicted octanol–water partition coefficient (Wildman–Crippen LogP) is 4.46. The number of aryl methyl sites for hydroxylation is 1. The first kappa shape index (κ1) is 10.2. The van der Waals surface area contributed by atoms with Crippen LogP contribution < -0.4 is 0 Å². The summed E-state index contributed by atoms with van der Waals surface area (Å²) in [6.07, 6.45) is 7.66. The highest BCUT2D eigenvalue weighted by atomic mass is 14.1. The molecule has 15 heavy (non-hydrogen) atoms. The van der Waals surface area contributed by atoms with E-state index in [1.165, 1.54) is 22.3 Å². The fourth-order valence-corrected chi connectivity index (χ4v) is 2.05. The Bertz CT molecular complexity index is 420. The molecule has 0 nitrogen and oxygen atoms in total. The van der Waals surface area contributed by atoms with Crippen LogP contribution in [0.5, 0.6) is 0 Å². The summed E-state index contributed by atoms with van der Waals surface area (Å²) in [5.74, 6) is 0.619. The molecule has 0 fully saturated rings. The van der Waals surface area contributed by atoms with Crippen molar-refractivity contribution in [2.75, 3.05) is 0 Å². The summed E-state index contributed by atoms with van der Waals surface area (Å²) in [6.45, 7) is 6.69. The molecule has 0 aromatic heterocycles. The van der Waals surface area contributed by atoms with Crippen LogP contribution in [-0.2, 0) is 0 Å². The first-order valence-electron chi connectivity index (χ1n) is 5.65. The van der Waals surface area contributed by atoms with Gasteiger partial charge in [-0.15, -0.1) is 0 Å². The van der Waals surface area contributed by atoms with Crippen molar-refractivity contribution in [2.24, 2.45) is 0 Å². The van der Waals surface area contributed by atoms with Crippen molar-refractivity contribution in [2.45, 2.75) is 33.1 Å². The van der Waals surface area contributed by atoms with Crippen molar-refractivity contribution < 1.29 is 0 Å². The van der Waals surface area contributed by atoms with Crippen molar-refractivity contribution in [3.63, 3.8) is 0 Å². The summed E-state index contributed by atoms with van der Waals surface area (Å²) in [5, 5.41) is 0. The zero-order valence-corrected chi connectivity index (χ0v) is 9.75. The maximum atomic E-state index is 2.32. The Labute approximate surface area is 92.3 Å². The molecule has 0 saturated heterocycles. The average molecular weight is 198 g/mol. The highest BCUT2D eigenvalue weighted by Gasteiger charge is 2.07. The van der Waals surface area contributed by atoms with E-state index in [1.54, 1.807) is 0 Å². The van der Waals surface area contributed by atoms with Crippen LogP contribution in [0.3, 0.4) is 0 Å². The van der Waals surface area contributed by atoms with Crippen LogP contribution in [0.25, 0.3) is 5.57 Å². The second-order valence-electron chi connectivity index (χ2n) is 4.55. The van der Waals surface area contributed by atoms with E-state index in [2.05, 4.69) is 57.2 Å². The molecule has 0 atom stereocenters. The highest BCUT2D eigenvalue weighted by molar-refractivity contribution is 5.73. The number of benzene rings is 1. The topological polar surface area (TPSA) is 0 Å².